The van der Waals surface area contributed by atoms with Crippen LogP contribution in [0, 0.1) is 0 Å². The van der Waals surface area contributed by atoms with Crippen molar-refractivity contribution >= 4 is 51.6 Å². The van der Waals surface area contributed by atoms with Crippen LogP contribution in [-0.4, -0.2) is 64.7 Å². The predicted octanol–water partition coefficient (Wildman–Crippen LogP) is -0.780. The molecular formula is C26H24FN7O6S. The Morgan fingerprint density at radius 2 is 2.22 bits per heavy atom. The second-order valence-corrected chi connectivity index (χ2v) is 10.2. The second kappa shape index (κ2) is 11.3. The molecule has 0 bridgehead atoms. The van der Waals surface area contributed by atoms with Gasteiger partial charge in [0.05, 0.1) is 17.7 Å². The summed E-state index contributed by atoms with van der Waals surface area (Å²) in [6.45, 7) is -1.23. The van der Waals surface area contributed by atoms with Crippen LogP contribution >= 0.6 is 11.3 Å². The number of aryl methyl sites for hydroxylation is 1. The fourth-order valence-corrected chi connectivity index (χ4v) is 5.37. The largest absolute Gasteiger partial charge is 0.543 e. The van der Waals surface area contributed by atoms with E-state index in [0.29, 0.717) is 12.1 Å². The van der Waals surface area contributed by atoms with E-state index in [1.807, 2.05) is 13.2 Å². The number of fused-ring (bicyclic) bond motifs is 1. The van der Waals surface area contributed by atoms with Crippen molar-refractivity contribution in [1.29, 1.82) is 0 Å². The molecule has 1 fully saturated rings. The highest BCUT2D eigenvalue weighted by molar-refractivity contribution is 7.13. The van der Waals surface area contributed by atoms with Crippen LogP contribution in [0.2, 0.25) is 0 Å². The summed E-state index contributed by atoms with van der Waals surface area (Å²) in [6.07, 6.45) is 8.70. The number of aromatic nitrogens is 2. The maximum atomic E-state index is 13.1. The third kappa shape index (κ3) is 5.30. The average molecular weight is 582 g/mol. The zero-order chi connectivity index (χ0) is 29.3. The molecule has 3 N–H and O–H groups in total. The van der Waals surface area contributed by atoms with Crippen LogP contribution in [-0.2, 0) is 31.1 Å². The number of aliphatic carboxylic acids is 1. The number of nitrogens with two attached hydrogens (primary N) is 1. The lowest BCUT2D eigenvalue weighted by Gasteiger charge is -2.51. The Morgan fingerprint density at radius 1 is 1.41 bits per heavy atom. The van der Waals surface area contributed by atoms with E-state index in [1.165, 1.54) is 16.4 Å². The molecule has 0 unspecified atom stereocenters. The first-order chi connectivity index (χ1) is 19.7. The Hall–Kier alpha value is -4.92. The molecule has 0 aliphatic carbocycles. The van der Waals surface area contributed by atoms with E-state index in [2.05, 4.69) is 15.5 Å². The third-order valence-corrected chi connectivity index (χ3v) is 7.33. The van der Waals surface area contributed by atoms with E-state index in [9.17, 15) is 28.7 Å². The first kappa shape index (κ1) is 27.6. The lowest BCUT2D eigenvalue weighted by molar-refractivity contribution is -0.670. The number of pyridine rings is 1. The molecule has 0 spiro atoms. The molecule has 3 amide bonds. The number of hydrogen-bond acceptors (Lipinski definition) is 10. The Labute approximate surface area is 236 Å². The van der Waals surface area contributed by atoms with Crippen LogP contribution in [0.25, 0.3) is 0 Å². The molecule has 13 nitrogen and oxygen atoms in total. The molecule has 2 atom stereocenters. The highest BCUT2D eigenvalue weighted by Crippen LogP contribution is 2.38. The number of amides is 3. The standard InChI is InChI=1S/C26H24FN7O6S/c1-32-8-2-3-16(12-32)33-9-6-15(23(33)36)11-14-4-5-18-20(24(37)34(18)21(14)25(38)39)30-22(35)19(31-40-10-7-27)17-13-41-26(28)29-17/h2-3,6,8-9,11-13,18,20H,4-5,7,10H2,1H3,(H3-,28,29,30,35,38,39)/b15-11+,31-19-/t18-,20+/m1/s1. The number of anilines is 2. The zero-order valence-corrected chi connectivity index (χ0v) is 22.5. The van der Waals surface area contributed by atoms with E-state index >= 15 is 0 Å². The molecule has 212 valence electrons. The van der Waals surface area contributed by atoms with Gasteiger partial charge < -0.3 is 30.7 Å². The number of carbonyl (C=O) groups excluding carboxylic acids is 4. The lowest BCUT2D eigenvalue weighted by Crippen LogP contribution is -2.72. The quantitative estimate of drug-likeness (QED) is 0.0969. The van der Waals surface area contributed by atoms with Crippen LogP contribution in [0.5, 0.6) is 0 Å². The Morgan fingerprint density at radius 3 is 2.90 bits per heavy atom. The SMILES string of the molecule is C[n+]1cccc(N2C=C/C(=C\C3=C(C(=O)[O-])N4C(=O)[C@@H](NC(=O)/C(=N\OCCF)c5csc(N)n5)[C@H]4CC3)C2=O)c1. The van der Waals surface area contributed by atoms with Crippen molar-refractivity contribution in [2.75, 3.05) is 23.9 Å². The Balaban J connectivity index is 1.35. The van der Waals surface area contributed by atoms with E-state index < -0.39 is 43.1 Å². The fraction of sp³-hybridized carbons (Fsp3) is 0.269. The zero-order valence-electron chi connectivity index (χ0n) is 21.7. The van der Waals surface area contributed by atoms with E-state index in [4.69, 9.17) is 10.6 Å². The Bertz CT molecular complexity index is 1560. The van der Waals surface area contributed by atoms with Gasteiger partial charge in [-0.25, -0.2) is 13.9 Å². The number of carboxylic acids is 1. The number of β-lactam (4-membered cyclic amide) rings is 1. The average Bonchev–Trinajstić information content (AvgIpc) is 3.54. The topological polar surface area (TPSA) is 174 Å². The molecule has 0 radical (unpaired) electrons. The second-order valence-electron chi connectivity index (χ2n) is 9.28. The van der Waals surface area contributed by atoms with Gasteiger partial charge in [-0.05, 0) is 36.6 Å². The molecule has 2 aromatic rings. The maximum Gasteiger partial charge on any atom is 0.276 e. The van der Waals surface area contributed by atoms with E-state index in [-0.39, 0.29) is 45.7 Å². The summed E-state index contributed by atoms with van der Waals surface area (Å²) in [7, 11) is 1.82. The van der Waals surface area contributed by atoms with Gasteiger partial charge in [-0.2, -0.15) is 0 Å². The van der Waals surface area contributed by atoms with E-state index in [1.54, 1.807) is 35.2 Å². The first-order valence-corrected chi connectivity index (χ1v) is 13.3. The number of rotatable bonds is 9. The number of nitrogen functional groups attached to an aromatic ring is 1. The van der Waals surface area contributed by atoms with Crippen molar-refractivity contribution in [3.8, 4) is 0 Å². The molecule has 2 aromatic heterocycles. The minimum absolute atomic E-state index is 0.0768. The summed E-state index contributed by atoms with van der Waals surface area (Å²) in [5.41, 5.74) is 6.19. The van der Waals surface area contributed by atoms with Gasteiger partial charge in [0.15, 0.2) is 23.2 Å². The molecule has 5 heterocycles. The summed E-state index contributed by atoms with van der Waals surface area (Å²) in [4.78, 5) is 62.7. The summed E-state index contributed by atoms with van der Waals surface area (Å²) in [6, 6.07) is 1.82. The maximum absolute atomic E-state index is 13.1. The summed E-state index contributed by atoms with van der Waals surface area (Å²) >= 11 is 1.05. The summed E-state index contributed by atoms with van der Waals surface area (Å²) in [5, 5.41) is 20.0. The number of hydrogen-bond donors (Lipinski definition) is 2. The smallest absolute Gasteiger partial charge is 0.276 e. The number of halogens is 1. The van der Waals surface area contributed by atoms with Crippen molar-refractivity contribution in [2.24, 2.45) is 12.2 Å². The van der Waals surface area contributed by atoms with Crippen LogP contribution in [0.3, 0.4) is 0 Å². The van der Waals surface area contributed by atoms with Gasteiger partial charge in [0.25, 0.3) is 17.7 Å². The van der Waals surface area contributed by atoms with Crippen LogP contribution < -0.4 is 25.6 Å². The van der Waals surface area contributed by atoms with Gasteiger partial charge in [-0.3, -0.25) is 19.3 Å². The number of allylic oxidation sites excluding steroid dienone is 2. The number of thiazole rings is 1. The van der Waals surface area contributed by atoms with Crippen LogP contribution in [0.1, 0.15) is 18.5 Å². The molecule has 3 aliphatic rings. The minimum Gasteiger partial charge on any atom is -0.543 e. The molecule has 0 saturated carbocycles. The third-order valence-electron chi connectivity index (χ3n) is 6.66. The molecule has 5 rings (SSSR count). The van der Waals surface area contributed by atoms with Crippen LogP contribution in [0.15, 0.2) is 70.3 Å². The number of nitrogens with one attached hydrogen (secondary N) is 1. The number of carboxylic acid groups (broad SMARTS) is 1. The van der Waals surface area contributed by atoms with Gasteiger partial charge >= 0.3 is 0 Å². The monoisotopic (exact) mass is 581 g/mol. The first-order valence-electron chi connectivity index (χ1n) is 12.4. The summed E-state index contributed by atoms with van der Waals surface area (Å²) in [5.74, 6) is -3.43. The van der Waals surface area contributed by atoms with Crippen molar-refractivity contribution < 1.29 is 38.1 Å². The minimum atomic E-state index is -1.58. The van der Waals surface area contributed by atoms with Gasteiger partial charge in [-0.15, -0.1) is 11.3 Å². The number of carbonyl (C=O) groups is 4. The number of alkyl halides is 1. The van der Waals surface area contributed by atoms with Gasteiger partial charge in [0, 0.05) is 23.2 Å². The van der Waals surface area contributed by atoms with Crippen molar-refractivity contribution in [2.45, 2.75) is 24.9 Å². The highest BCUT2D eigenvalue weighted by Gasteiger charge is 2.52. The highest BCUT2D eigenvalue weighted by atomic mass is 32.1. The van der Waals surface area contributed by atoms with Crippen molar-refractivity contribution in [1.82, 2.24) is 15.2 Å². The normalized spacial score (nSPS) is 21.3. The molecular weight excluding hydrogens is 557 g/mol. The number of nitrogens with zero attached hydrogens (tertiary/aromatic N) is 5. The van der Waals surface area contributed by atoms with E-state index in [0.717, 1.165) is 16.2 Å². The molecule has 41 heavy (non-hydrogen) atoms. The summed E-state index contributed by atoms with van der Waals surface area (Å²) < 4.78 is 14.3. The predicted molar refractivity (Wildman–Crippen MR) is 141 cm³/mol. The number of oxime groups is 1. The molecule has 15 heteroatoms. The molecule has 0 aromatic carbocycles. The van der Waals surface area contributed by atoms with Gasteiger partial charge in [0.2, 0.25) is 0 Å². The molecule has 3 aliphatic heterocycles. The van der Waals surface area contributed by atoms with Crippen molar-refractivity contribution in [3.05, 3.63) is 70.8 Å². The van der Waals surface area contributed by atoms with Crippen molar-refractivity contribution in [3.63, 3.8) is 0 Å². The molecule has 1 saturated heterocycles. The lowest BCUT2D eigenvalue weighted by atomic mass is 9.83. The fourth-order valence-electron chi connectivity index (χ4n) is 4.82. The Kier molecular flexibility index (Phi) is 7.61. The van der Waals surface area contributed by atoms with Crippen LogP contribution in [0.4, 0.5) is 15.2 Å². The van der Waals surface area contributed by atoms with Gasteiger partial charge in [0.1, 0.15) is 37.8 Å². The van der Waals surface area contributed by atoms with Gasteiger partial charge in [-0.1, -0.05) is 5.16 Å².